The summed E-state index contributed by atoms with van der Waals surface area (Å²) in [7, 11) is 0. The van der Waals surface area contributed by atoms with Crippen LogP contribution in [0.3, 0.4) is 0 Å². The lowest BCUT2D eigenvalue weighted by molar-refractivity contribution is 0.0383. The van der Waals surface area contributed by atoms with Gasteiger partial charge in [0.05, 0.1) is 40.9 Å². The fraction of sp³-hybridized carbons (Fsp3) is 0.320. The molecule has 11 nitrogen and oxygen atoms in total. The van der Waals surface area contributed by atoms with Gasteiger partial charge in [-0.3, -0.25) is 20.1 Å². The van der Waals surface area contributed by atoms with E-state index in [4.69, 9.17) is 4.74 Å². The van der Waals surface area contributed by atoms with E-state index in [9.17, 15) is 14.0 Å². The van der Waals surface area contributed by atoms with Gasteiger partial charge in [0.2, 0.25) is 0 Å². The van der Waals surface area contributed by atoms with Crippen molar-refractivity contribution in [1.29, 1.82) is 0 Å². The number of halogens is 1. The molecule has 0 radical (unpaired) electrons. The summed E-state index contributed by atoms with van der Waals surface area (Å²) in [6, 6.07) is 5.61. The molecule has 38 heavy (non-hydrogen) atoms. The van der Waals surface area contributed by atoms with E-state index < -0.39 is 6.03 Å². The van der Waals surface area contributed by atoms with Crippen molar-refractivity contribution >= 4 is 45.1 Å². The molecule has 0 spiro atoms. The smallest absolute Gasteiger partial charge is 0.325 e. The maximum absolute atomic E-state index is 13.7. The zero-order valence-electron chi connectivity index (χ0n) is 20.7. The molecule has 0 unspecified atom stereocenters. The molecule has 4 heterocycles. The summed E-state index contributed by atoms with van der Waals surface area (Å²) in [6.07, 6.45) is 3.67. The number of hydrogen-bond donors (Lipinski definition) is 4. The molecule has 1 aliphatic heterocycles. The molecule has 0 bridgehead atoms. The number of fused-ring (bicyclic) bond motifs is 1. The molecule has 3 aromatic heterocycles. The van der Waals surface area contributed by atoms with Gasteiger partial charge < -0.3 is 15.4 Å². The van der Waals surface area contributed by atoms with Crippen LogP contribution in [0.25, 0.3) is 21.6 Å². The quantitative estimate of drug-likeness (QED) is 0.270. The second kappa shape index (κ2) is 11.6. The predicted octanol–water partition coefficient (Wildman–Crippen LogP) is 3.49. The molecule has 0 saturated carbocycles. The minimum Gasteiger partial charge on any atom is -0.379 e. The highest BCUT2D eigenvalue weighted by Gasteiger charge is 2.18. The van der Waals surface area contributed by atoms with Crippen molar-refractivity contribution in [1.82, 2.24) is 30.4 Å². The van der Waals surface area contributed by atoms with Crippen molar-refractivity contribution in [3.05, 3.63) is 53.6 Å². The molecule has 4 aromatic rings. The summed E-state index contributed by atoms with van der Waals surface area (Å²) in [5.74, 6) is -0.531. The summed E-state index contributed by atoms with van der Waals surface area (Å²) in [5, 5.41) is 16.2. The van der Waals surface area contributed by atoms with Crippen LogP contribution < -0.4 is 16.0 Å². The summed E-state index contributed by atoms with van der Waals surface area (Å²) >= 11 is 1.21. The van der Waals surface area contributed by atoms with Crippen molar-refractivity contribution in [3.63, 3.8) is 0 Å². The molecule has 1 aliphatic rings. The first-order chi connectivity index (χ1) is 18.5. The second-order valence-corrected chi connectivity index (χ2v) is 9.70. The van der Waals surface area contributed by atoms with Crippen LogP contribution in [0.1, 0.15) is 22.8 Å². The highest BCUT2D eigenvalue weighted by atomic mass is 32.1. The Morgan fingerprint density at radius 1 is 1.18 bits per heavy atom. The number of nitrogens with zero attached hydrogens (tertiary/aromatic N) is 4. The molecule has 4 N–H and O–H groups in total. The third-order valence-corrected chi connectivity index (χ3v) is 7.08. The van der Waals surface area contributed by atoms with Gasteiger partial charge >= 0.3 is 6.03 Å². The topological polar surface area (TPSA) is 137 Å². The standard InChI is InChI=1S/C25H27FN8O3S/c1-2-15-11-16(3-4-19(15)26)30-24(36)32-25-28-14-21(38-25)20-12-17(18-13-29-33-22(18)31-20)23(35)27-5-6-34-7-9-37-10-8-34/h3-4,11-14H,2,5-10H2,1H3,(H,27,35)(H,29,31,33)(H2,28,30,32,36). The van der Waals surface area contributed by atoms with Crippen molar-refractivity contribution in [2.45, 2.75) is 13.3 Å². The van der Waals surface area contributed by atoms with E-state index in [1.165, 1.54) is 23.5 Å². The lowest BCUT2D eigenvalue weighted by Gasteiger charge is -2.26. The Morgan fingerprint density at radius 2 is 2.03 bits per heavy atom. The molecule has 0 aliphatic carbocycles. The molecule has 1 saturated heterocycles. The molecule has 1 fully saturated rings. The number of amides is 3. The first kappa shape index (κ1) is 25.7. The van der Waals surface area contributed by atoms with Crippen LogP contribution in [0.5, 0.6) is 0 Å². The summed E-state index contributed by atoms with van der Waals surface area (Å²) in [4.78, 5) is 37.3. The minimum absolute atomic E-state index is 0.221. The Morgan fingerprint density at radius 3 is 2.84 bits per heavy atom. The number of nitrogens with one attached hydrogen (secondary N) is 4. The van der Waals surface area contributed by atoms with E-state index in [0.717, 1.165) is 19.6 Å². The number of pyridine rings is 1. The summed E-state index contributed by atoms with van der Waals surface area (Å²) in [6.45, 7) is 6.20. The normalized spacial score (nSPS) is 13.9. The minimum atomic E-state index is -0.503. The molecule has 3 amide bonds. The number of ether oxygens (including phenoxy) is 1. The molecular formula is C25H27FN8O3S. The van der Waals surface area contributed by atoms with Gasteiger partial charge in [0.1, 0.15) is 5.82 Å². The predicted molar refractivity (Wildman–Crippen MR) is 143 cm³/mol. The molecule has 5 rings (SSSR count). The zero-order valence-corrected chi connectivity index (χ0v) is 21.5. The molecule has 1 aromatic carbocycles. The highest BCUT2D eigenvalue weighted by Crippen LogP contribution is 2.30. The number of aryl methyl sites for hydroxylation is 1. The number of benzene rings is 1. The van der Waals surface area contributed by atoms with Crippen molar-refractivity contribution in [2.24, 2.45) is 0 Å². The van der Waals surface area contributed by atoms with Crippen LogP contribution in [0.2, 0.25) is 0 Å². The zero-order chi connectivity index (χ0) is 26.5. The SMILES string of the molecule is CCc1cc(NC(=O)Nc2ncc(-c3cc(C(=O)NCCN4CCOCC4)c4cn[nH]c4n3)s2)ccc1F. The van der Waals surface area contributed by atoms with Crippen molar-refractivity contribution < 1.29 is 18.7 Å². The van der Waals surface area contributed by atoms with Crippen LogP contribution >= 0.6 is 11.3 Å². The fourth-order valence-corrected chi connectivity index (χ4v) is 4.90. The van der Waals surface area contributed by atoms with Gasteiger partial charge in [-0.15, -0.1) is 0 Å². The van der Waals surface area contributed by atoms with Gasteiger partial charge in [-0.1, -0.05) is 18.3 Å². The van der Waals surface area contributed by atoms with Crippen LogP contribution in [0, 0.1) is 5.82 Å². The summed E-state index contributed by atoms with van der Waals surface area (Å²) in [5.41, 5.74) is 2.44. The van der Waals surface area contributed by atoms with Crippen LogP contribution in [-0.2, 0) is 11.2 Å². The van der Waals surface area contributed by atoms with Gasteiger partial charge in [-0.05, 0) is 36.2 Å². The van der Waals surface area contributed by atoms with E-state index in [2.05, 4.69) is 41.0 Å². The van der Waals surface area contributed by atoms with Crippen molar-refractivity contribution in [3.8, 4) is 10.6 Å². The van der Waals surface area contributed by atoms with Crippen molar-refractivity contribution in [2.75, 3.05) is 50.0 Å². The third kappa shape index (κ3) is 5.96. The Kier molecular flexibility index (Phi) is 7.86. The van der Waals surface area contributed by atoms with Gasteiger partial charge in [0.15, 0.2) is 10.8 Å². The fourth-order valence-electron chi connectivity index (χ4n) is 4.12. The Balaban J connectivity index is 1.26. The Hall–Kier alpha value is -3.94. The number of aromatic nitrogens is 4. The third-order valence-electron chi connectivity index (χ3n) is 6.15. The number of aromatic amines is 1. The van der Waals surface area contributed by atoms with Gasteiger partial charge in [-0.25, -0.2) is 19.2 Å². The lowest BCUT2D eigenvalue weighted by atomic mass is 10.1. The number of rotatable bonds is 8. The molecule has 0 atom stereocenters. The Labute approximate surface area is 221 Å². The number of carbonyl (C=O) groups excluding carboxylic acids is 2. The van der Waals surface area contributed by atoms with E-state index in [1.807, 2.05) is 6.92 Å². The maximum atomic E-state index is 13.7. The summed E-state index contributed by atoms with van der Waals surface area (Å²) < 4.78 is 19.1. The van der Waals surface area contributed by atoms with Gasteiger partial charge in [0.25, 0.3) is 5.91 Å². The van der Waals surface area contributed by atoms with E-state index >= 15 is 0 Å². The Bertz CT molecular complexity index is 1450. The van der Waals surface area contributed by atoms with Crippen LogP contribution in [0.15, 0.2) is 36.7 Å². The van der Waals surface area contributed by atoms with Crippen LogP contribution in [-0.4, -0.2) is 76.4 Å². The van der Waals surface area contributed by atoms with E-state index in [1.54, 1.807) is 24.5 Å². The van der Waals surface area contributed by atoms with Crippen LogP contribution in [0.4, 0.5) is 20.0 Å². The number of morpholine rings is 1. The van der Waals surface area contributed by atoms with Gasteiger partial charge in [0, 0.05) is 38.1 Å². The molecule has 13 heteroatoms. The largest absolute Gasteiger partial charge is 0.379 e. The van der Waals surface area contributed by atoms with E-state index in [-0.39, 0.29) is 11.7 Å². The monoisotopic (exact) mass is 538 g/mol. The number of H-pyrrole nitrogens is 1. The number of hydrogen-bond acceptors (Lipinski definition) is 8. The number of thiazole rings is 1. The number of anilines is 2. The number of urea groups is 1. The maximum Gasteiger partial charge on any atom is 0.325 e. The second-order valence-electron chi connectivity index (χ2n) is 8.67. The first-order valence-electron chi connectivity index (χ1n) is 12.2. The van der Waals surface area contributed by atoms with Gasteiger partial charge in [-0.2, -0.15) is 5.10 Å². The lowest BCUT2D eigenvalue weighted by Crippen LogP contribution is -2.41. The molecule has 198 valence electrons. The van der Waals surface area contributed by atoms with E-state index in [0.29, 0.717) is 69.7 Å². The highest BCUT2D eigenvalue weighted by molar-refractivity contribution is 7.19. The number of carbonyl (C=O) groups is 2. The molecular weight excluding hydrogens is 511 g/mol. The average molecular weight is 539 g/mol. The first-order valence-corrected chi connectivity index (χ1v) is 13.1. The average Bonchev–Trinajstić information content (AvgIpc) is 3.59.